The van der Waals surface area contributed by atoms with E-state index in [4.69, 9.17) is 5.73 Å². The van der Waals surface area contributed by atoms with Crippen molar-refractivity contribution in [2.24, 2.45) is 11.7 Å². The predicted molar refractivity (Wildman–Crippen MR) is 61.6 cm³/mol. The molecule has 0 aromatic rings. The quantitative estimate of drug-likeness (QED) is 0.693. The van der Waals surface area contributed by atoms with Gasteiger partial charge in [0.1, 0.15) is 0 Å². The summed E-state index contributed by atoms with van der Waals surface area (Å²) in [6.07, 6.45) is 1.05. The molecule has 1 fully saturated rings. The van der Waals surface area contributed by atoms with Crippen LogP contribution in [0.4, 0.5) is 0 Å². The second kappa shape index (κ2) is 5.30. The van der Waals surface area contributed by atoms with Crippen molar-refractivity contribution in [3.05, 3.63) is 0 Å². The molecule has 16 heavy (non-hydrogen) atoms. The van der Waals surface area contributed by atoms with Crippen molar-refractivity contribution in [3.63, 3.8) is 0 Å². The summed E-state index contributed by atoms with van der Waals surface area (Å²) in [6, 6.07) is -0.552. The third kappa shape index (κ3) is 3.48. The summed E-state index contributed by atoms with van der Waals surface area (Å²) in [7, 11) is 1.74. The molecule has 5 nitrogen and oxygen atoms in total. The Labute approximate surface area is 96.4 Å². The zero-order valence-electron chi connectivity index (χ0n) is 10.2. The molecular formula is C11H21N3O2. The predicted octanol–water partition coefficient (Wildman–Crippen LogP) is -0.293. The summed E-state index contributed by atoms with van der Waals surface area (Å²) in [5.41, 5.74) is 5.75. The first-order valence-corrected chi connectivity index (χ1v) is 5.70. The van der Waals surface area contributed by atoms with E-state index in [2.05, 4.69) is 5.32 Å². The monoisotopic (exact) mass is 227 g/mol. The first kappa shape index (κ1) is 13.0. The standard InChI is InChI=1S/C11H21N3O2/c1-7(2)4-9(12)11(16)13-8-5-10(15)14(3)6-8/h7-9H,4-6,12H2,1-3H3,(H,13,16)/t8?,9-/m0/s1. The fourth-order valence-electron chi connectivity index (χ4n) is 1.88. The summed E-state index contributed by atoms with van der Waals surface area (Å²) in [5.74, 6) is 0.318. The van der Waals surface area contributed by atoms with Gasteiger partial charge in [0.25, 0.3) is 0 Å². The Morgan fingerprint density at radius 3 is 2.69 bits per heavy atom. The summed E-state index contributed by atoms with van der Waals surface area (Å²) in [4.78, 5) is 24.6. The molecule has 1 saturated heterocycles. The number of rotatable bonds is 4. The smallest absolute Gasteiger partial charge is 0.237 e. The topological polar surface area (TPSA) is 75.4 Å². The molecule has 0 aromatic carbocycles. The van der Waals surface area contributed by atoms with E-state index in [1.54, 1.807) is 11.9 Å². The van der Waals surface area contributed by atoms with Gasteiger partial charge in [0.05, 0.1) is 12.1 Å². The summed E-state index contributed by atoms with van der Waals surface area (Å²) in [5, 5.41) is 2.82. The van der Waals surface area contributed by atoms with Crippen LogP contribution in [-0.4, -0.2) is 42.4 Å². The van der Waals surface area contributed by atoms with E-state index in [0.29, 0.717) is 25.3 Å². The average Bonchev–Trinajstić information content (AvgIpc) is 2.44. The molecule has 1 aliphatic rings. The van der Waals surface area contributed by atoms with Crippen LogP contribution in [0.15, 0.2) is 0 Å². The number of likely N-dealkylation sites (N-methyl/N-ethyl adjacent to an activating group) is 1. The summed E-state index contributed by atoms with van der Waals surface area (Å²) >= 11 is 0. The van der Waals surface area contributed by atoms with E-state index in [1.807, 2.05) is 13.8 Å². The van der Waals surface area contributed by atoms with Gasteiger partial charge in [-0.3, -0.25) is 9.59 Å². The van der Waals surface area contributed by atoms with Crippen LogP contribution in [0.3, 0.4) is 0 Å². The molecule has 0 aromatic heterocycles. The Kier molecular flexibility index (Phi) is 4.29. The van der Waals surface area contributed by atoms with Crippen molar-refractivity contribution < 1.29 is 9.59 Å². The Balaban J connectivity index is 2.37. The van der Waals surface area contributed by atoms with Gasteiger partial charge in [-0.2, -0.15) is 0 Å². The Morgan fingerprint density at radius 1 is 1.62 bits per heavy atom. The third-order valence-electron chi connectivity index (χ3n) is 2.75. The van der Waals surface area contributed by atoms with Crippen molar-refractivity contribution in [1.29, 1.82) is 0 Å². The van der Waals surface area contributed by atoms with E-state index in [0.717, 1.165) is 0 Å². The van der Waals surface area contributed by atoms with Crippen LogP contribution in [0.1, 0.15) is 26.7 Å². The molecule has 1 rings (SSSR count). The maximum atomic E-state index is 11.7. The van der Waals surface area contributed by atoms with Crippen molar-refractivity contribution in [1.82, 2.24) is 10.2 Å². The van der Waals surface area contributed by atoms with Crippen LogP contribution in [0.25, 0.3) is 0 Å². The molecule has 5 heteroatoms. The molecule has 92 valence electrons. The van der Waals surface area contributed by atoms with Gasteiger partial charge in [-0.05, 0) is 12.3 Å². The fraction of sp³-hybridized carbons (Fsp3) is 0.818. The number of nitrogens with two attached hydrogens (primary N) is 1. The molecule has 0 spiro atoms. The number of carbonyl (C=O) groups is 2. The first-order chi connectivity index (χ1) is 7.40. The maximum absolute atomic E-state index is 11.7. The van der Waals surface area contributed by atoms with Crippen LogP contribution in [0.5, 0.6) is 0 Å². The van der Waals surface area contributed by atoms with Crippen molar-refractivity contribution in [2.75, 3.05) is 13.6 Å². The van der Waals surface area contributed by atoms with E-state index in [-0.39, 0.29) is 17.9 Å². The highest BCUT2D eigenvalue weighted by Crippen LogP contribution is 2.09. The second-order valence-electron chi connectivity index (χ2n) is 4.92. The molecule has 2 amide bonds. The largest absolute Gasteiger partial charge is 0.350 e. The van der Waals surface area contributed by atoms with Crippen LogP contribution in [-0.2, 0) is 9.59 Å². The number of nitrogens with zero attached hydrogens (tertiary/aromatic N) is 1. The molecule has 0 bridgehead atoms. The fourth-order valence-corrected chi connectivity index (χ4v) is 1.88. The third-order valence-corrected chi connectivity index (χ3v) is 2.75. The van der Waals surface area contributed by atoms with E-state index < -0.39 is 6.04 Å². The minimum atomic E-state index is -0.471. The minimum absolute atomic E-state index is 0.0720. The first-order valence-electron chi connectivity index (χ1n) is 5.70. The van der Waals surface area contributed by atoms with Crippen LogP contribution in [0, 0.1) is 5.92 Å². The zero-order chi connectivity index (χ0) is 12.3. The lowest BCUT2D eigenvalue weighted by atomic mass is 10.0. The molecule has 0 radical (unpaired) electrons. The number of amides is 2. The van der Waals surface area contributed by atoms with E-state index in [1.165, 1.54) is 0 Å². The normalized spacial score (nSPS) is 22.7. The lowest BCUT2D eigenvalue weighted by Gasteiger charge is -2.17. The second-order valence-corrected chi connectivity index (χ2v) is 4.92. The Bertz CT molecular complexity index is 278. The minimum Gasteiger partial charge on any atom is -0.350 e. The van der Waals surface area contributed by atoms with Gasteiger partial charge >= 0.3 is 0 Å². The molecule has 2 atom stereocenters. The average molecular weight is 227 g/mol. The van der Waals surface area contributed by atoms with Crippen molar-refractivity contribution >= 4 is 11.8 Å². The molecular weight excluding hydrogens is 206 g/mol. The molecule has 0 aliphatic carbocycles. The number of likely N-dealkylation sites (tertiary alicyclic amines) is 1. The highest BCUT2D eigenvalue weighted by atomic mass is 16.2. The highest BCUT2D eigenvalue weighted by molar-refractivity contribution is 5.84. The highest BCUT2D eigenvalue weighted by Gasteiger charge is 2.29. The number of carbonyl (C=O) groups excluding carboxylic acids is 2. The van der Waals surface area contributed by atoms with E-state index >= 15 is 0 Å². The van der Waals surface area contributed by atoms with Gasteiger partial charge in [0.2, 0.25) is 11.8 Å². The van der Waals surface area contributed by atoms with Gasteiger partial charge < -0.3 is 16.0 Å². The Hall–Kier alpha value is -1.10. The molecule has 1 unspecified atom stereocenters. The van der Waals surface area contributed by atoms with Crippen molar-refractivity contribution in [3.8, 4) is 0 Å². The van der Waals surface area contributed by atoms with Crippen LogP contribution >= 0.6 is 0 Å². The lowest BCUT2D eigenvalue weighted by Crippen LogP contribution is -2.46. The molecule has 1 aliphatic heterocycles. The summed E-state index contributed by atoms with van der Waals surface area (Å²) < 4.78 is 0. The van der Waals surface area contributed by atoms with Gasteiger partial charge in [0, 0.05) is 20.0 Å². The van der Waals surface area contributed by atoms with Crippen molar-refractivity contribution in [2.45, 2.75) is 38.8 Å². The summed E-state index contributed by atoms with van der Waals surface area (Å²) in [6.45, 7) is 4.64. The van der Waals surface area contributed by atoms with Gasteiger partial charge in [-0.25, -0.2) is 0 Å². The number of nitrogens with one attached hydrogen (secondary N) is 1. The van der Waals surface area contributed by atoms with Gasteiger partial charge in [0.15, 0.2) is 0 Å². The molecule has 1 heterocycles. The Morgan fingerprint density at radius 2 is 2.25 bits per heavy atom. The number of hydrogen-bond acceptors (Lipinski definition) is 3. The molecule has 3 N–H and O–H groups in total. The maximum Gasteiger partial charge on any atom is 0.237 e. The SMILES string of the molecule is CC(C)C[C@H](N)C(=O)NC1CC(=O)N(C)C1. The van der Waals surface area contributed by atoms with Crippen LogP contribution < -0.4 is 11.1 Å². The van der Waals surface area contributed by atoms with E-state index in [9.17, 15) is 9.59 Å². The zero-order valence-corrected chi connectivity index (χ0v) is 10.2. The van der Waals surface area contributed by atoms with Gasteiger partial charge in [-0.15, -0.1) is 0 Å². The molecule has 0 saturated carbocycles. The van der Waals surface area contributed by atoms with Gasteiger partial charge in [-0.1, -0.05) is 13.8 Å². The lowest BCUT2D eigenvalue weighted by molar-refractivity contribution is -0.126. The number of hydrogen-bond donors (Lipinski definition) is 2. The van der Waals surface area contributed by atoms with Crippen LogP contribution in [0.2, 0.25) is 0 Å².